The second kappa shape index (κ2) is 17.8. The van der Waals surface area contributed by atoms with E-state index in [2.05, 4.69) is 49.9 Å². The van der Waals surface area contributed by atoms with Gasteiger partial charge in [0.2, 0.25) is 11.7 Å². The number of aliphatic hydroxyl groups excluding tert-OH is 2. The van der Waals surface area contributed by atoms with Crippen molar-refractivity contribution in [3.05, 3.63) is 90.5 Å². The first-order valence-corrected chi connectivity index (χ1v) is 21.3. The predicted molar refractivity (Wildman–Crippen MR) is 225 cm³/mol. The fourth-order valence-corrected chi connectivity index (χ4v) is 9.50. The molecule has 0 aromatic heterocycles. The van der Waals surface area contributed by atoms with Gasteiger partial charge in [0.05, 0.1) is 18.2 Å². The number of unbranched alkanes of at least 4 members (excludes halogenated alkanes) is 2. The molecule has 2 saturated carbocycles. The fraction of sp³-hybridized carbons (Fsp3) is 0.542. The third-order valence-electron chi connectivity index (χ3n) is 12.1. The second-order valence-electron chi connectivity index (χ2n) is 17.4. The molecule has 1 heterocycles. The number of hydrogen-bond donors (Lipinski definition) is 2. The lowest BCUT2D eigenvalue weighted by molar-refractivity contribution is -0.257. The maximum absolute atomic E-state index is 14.4. The van der Waals surface area contributed by atoms with Crippen molar-refractivity contribution in [3.63, 3.8) is 0 Å². The van der Waals surface area contributed by atoms with E-state index in [1.807, 2.05) is 56.0 Å². The van der Waals surface area contributed by atoms with Crippen LogP contribution in [-0.4, -0.2) is 70.5 Å². The number of hydrogen-bond acceptors (Lipinski definition) is 8. The number of fused-ring (bicyclic) bond motifs is 3. The van der Waals surface area contributed by atoms with Crippen molar-refractivity contribution in [2.45, 2.75) is 115 Å². The number of allylic oxidation sites excluding steroid dienone is 1. The Labute approximate surface area is 338 Å². The highest BCUT2D eigenvalue weighted by Gasteiger charge is 2.65. The first kappa shape index (κ1) is 41.0. The van der Waals surface area contributed by atoms with Crippen LogP contribution in [0.4, 0.5) is 0 Å². The predicted octanol–water partition coefficient (Wildman–Crippen LogP) is 9.71. The standard InChI is InChI=1S/C48H62N2O7/c1-6-24-50(46(53)33-18-19-33)43-31-41(49-57-47(3,4)5)39-29-35(16-10-12-25-51)38(17-11-13-26-52)44-40-30-37(55-36-21-20-32-14-8-9-15-34(32)28-36)22-23-42(40)56-48(43,45(39)44)54-27-7-2/h7-9,14-15,20-23,28-30,33,35,38,43-45,51-52H,2,6,10-13,16-19,24-27,31H2,1,3-5H3. The van der Waals surface area contributed by atoms with E-state index in [0.717, 1.165) is 90.5 Å². The zero-order valence-corrected chi connectivity index (χ0v) is 34.3. The Morgan fingerprint density at radius 3 is 2.40 bits per heavy atom. The minimum Gasteiger partial charge on any atom is -0.459 e. The molecule has 57 heavy (non-hydrogen) atoms. The average molecular weight is 779 g/mol. The summed E-state index contributed by atoms with van der Waals surface area (Å²) in [5.74, 6) is 0.917. The number of rotatable bonds is 18. The Morgan fingerprint density at radius 1 is 0.982 bits per heavy atom. The molecule has 4 aliphatic rings. The van der Waals surface area contributed by atoms with Crippen molar-refractivity contribution in [2.75, 3.05) is 26.4 Å². The molecule has 3 aliphatic carbocycles. The summed E-state index contributed by atoms with van der Waals surface area (Å²) in [6, 6.07) is 20.1. The van der Waals surface area contributed by atoms with Crippen LogP contribution in [-0.2, 0) is 14.4 Å². The molecule has 3 aromatic rings. The van der Waals surface area contributed by atoms with Crippen molar-refractivity contribution in [3.8, 4) is 17.2 Å². The summed E-state index contributed by atoms with van der Waals surface area (Å²) in [4.78, 5) is 22.7. The van der Waals surface area contributed by atoms with Gasteiger partial charge in [-0.2, -0.15) is 0 Å². The first-order valence-electron chi connectivity index (χ1n) is 21.3. The highest BCUT2D eigenvalue weighted by molar-refractivity contribution is 6.03. The molecule has 6 atom stereocenters. The lowest BCUT2D eigenvalue weighted by Crippen LogP contribution is -2.70. The van der Waals surface area contributed by atoms with E-state index >= 15 is 0 Å². The topological polar surface area (TPSA) is 110 Å². The van der Waals surface area contributed by atoms with Gasteiger partial charge in [-0.1, -0.05) is 67.4 Å². The van der Waals surface area contributed by atoms with Crippen molar-refractivity contribution in [2.24, 2.45) is 28.8 Å². The Hall–Kier alpha value is -4.18. The lowest BCUT2D eigenvalue weighted by Gasteiger charge is -2.60. The molecule has 2 N–H and O–H groups in total. The van der Waals surface area contributed by atoms with Crippen LogP contribution in [0.1, 0.15) is 103 Å². The molecule has 0 bridgehead atoms. The van der Waals surface area contributed by atoms with E-state index in [0.29, 0.717) is 25.1 Å². The van der Waals surface area contributed by atoms with Gasteiger partial charge in [0.15, 0.2) is 0 Å². The number of carbonyl (C=O) groups excluding carboxylic acids is 1. The number of oxime groups is 1. The second-order valence-corrected chi connectivity index (χ2v) is 17.4. The van der Waals surface area contributed by atoms with Gasteiger partial charge in [0, 0.05) is 43.6 Å². The fourth-order valence-electron chi connectivity index (χ4n) is 9.50. The van der Waals surface area contributed by atoms with Crippen LogP contribution in [0, 0.1) is 23.7 Å². The minimum absolute atomic E-state index is 0.00568. The molecular formula is C48H62N2O7. The van der Waals surface area contributed by atoms with Gasteiger partial charge in [-0.3, -0.25) is 4.79 Å². The van der Waals surface area contributed by atoms with Crippen LogP contribution < -0.4 is 9.47 Å². The molecule has 0 radical (unpaired) electrons. The van der Waals surface area contributed by atoms with Crippen LogP contribution in [0.2, 0.25) is 0 Å². The maximum atomic E-state index is 14.4. The Kier molecular flexibility index (Phi) is 12.8. The molecule has 2 fully saturated rings. The SMILES string of the molecule is C=CCOC12Oc3ccc(Oc4ccc5ccccc5c4)cc3C3C(CCCCO)C(CCCCO)C=C(C(=NOC(C)(C)C)CC1N(CCC)C(=O)C1CC1)C32. The molecule has 6 unspecified atom stereocenters. The molecule has 9 heteroatoms. The number of nitrogens with zero attached hydrogens (tertiary/aromatic N) is 2. The van der Waals surface area contributed by atoms with Crippen LogP contribution in [0.5, 0.6) is 17.2 Å². The summed E-state index contributed by atoms with van der Waals surface area (Å²) < 4.78 is 21.1. The Bertz CT molecular complexity index is 1950. The van der Waals surface area contributed by atoms with Gasteiger partial charge in [0.1, 0.15) is 28.9 Å². The van der Waals surface area contributed by atoms with Crippen molar-refractivity contribution >= 4 is 22.4 Å². The number of ether oxygens (including phenoxy) is 3. The zero-order chi connectivity index (χ0) is 40.2. The van der Waals surface area contributed by atoms with Crippen LogP contribution in [0.25, 0.3) is 10.8 Å². The lowest BCUT2D eigenvalue weighted by atomic mass is 9.55. The Balaban J connectivity index is 1.43. The molecule has 3 aromatic carbocycles. The monoisotopic (exact) mass is 778 g/mol. The Morgan fingerprint density at radius 2 is 1.70 bits per heavy atom. The smallest absolute Gasteiger partial charge is 0.239 e. The number of benzene rings is 3. The largest absolute Gasteiger partial charge is 0.459 e. The van der Waals surface area contributed by atoms with Gasteiger partial charge in [0.25, 0.3) is 0 Å². The van der Waals surface area contributed by atoms with Gasteiger partial charge < -0.3 is 34.2 Å². The van der Waals surface area contributed by atoms with Gasteiger partial charge in [-0.05, 0) is 124 Å². The quantitative estimate of drug-likeness (QED) is 0.0752. The number of amides is 1. The van der Waals surface area contributed by atoms with E-state index in [1.54, 1.807) is 6.08 Å². The van der Waals surface area contributed by atoms with Crippen LogP contribution >= 0.6 is 0 Å². The molecule has 0 saturated heterocycles. The van der Waals surface area contributed by atoms with Crippen molar-refractivity contribution in [1.82, 2.24) is 4.90 Å². The van der Waals surface area contributed by atoms with E-state index < -0.39 is 17.4 Å². The number of aliphatic hydroxyl groups is 2. The summed E-state index contributed by atoms with van der Waals surface area (Å²) in [6.07, 6.45) is 12.1. The van der Waals surface area contributed by atoms with E-state index in [4.69, 9.17) is 24.2 Å². The molecule has 1 amide bonds. The number of carbonyl (C=O) groups is 1. The summed E-state index contributed by atoms with van der Waals surface area (Å²) in [5, 5.41) is 27.0. The molecular weight excluding hydrogens is 717 g/mol. The average Bonchev–Trinajstić information content (AvgIpc) is 4.05. The summed E-state index contributed by atoms with van der Waals surface area (Å²) >= 11 is 0. The third kappa shape index (κ3) is 8.81. The maximum Gasteiger partial charge on any atom is 0.239 e. The van der Waals surface area contributed by atoms with E-state index in [9.17, 15) is 15.0 Å². The third-order valence-corrected chi connectivity index (χ3v) is 12.1. The van der Waals surface area contributed by atoms with E-state index in [-0.39, 0.29) is 55.3 Å². The minimum atomic E-state index is -1.25. The van der Waals surface area contributed by atoms with Crippen LogP contribution in [0.3, 0.4) is 0 Å². The molecule has 1 aliphatic heterocycles. The van der Waals surface area contributed by atoms with Gasteiger partial charge >= 0.3 is 0 Å². The molecule has 306 valence electrons. The molecule has 7 rings (SSSR count). The van der Waals surface area contributed by atoms with Crippen molar-refractivity contribution in [1.29, 1.82) is 0 Å². The molecule has 9 nitrogen and oxygen atoms in total. The highest BCUT2D eigenvalue weighted by Crippen LogP contribution is 2.62. The summed E-state index contributed by atoms with van der Waals surface area (Å²) in [5.41, 5.74) is 2.37. The summed E-state index contributed by atoms with van der Waals surface area (Å²) in [7, 11) is 0. The van der Waals surface area contributed by atoms with E-state index in [1.165, 1.54) is 0 Å². The van der Waals surface area contributed by atoms with Gasteiger partial charge in [-0.15, -0.1) is 6.58 Å². The first-order chi connectivity index (χ1) is 27.6. The zero-order valence-electron chi connectivity index (χ0n) is 34.3. The van der Waals surface area contributed by atoms with Gasteiger partial charge in [-0.25, -0.2) is 0 Å². The summed E-state index contributed by atoms with van der Waals surface area (Å²) in [6.45, 7) is 13.2. The normalized spacial score (nSPS) is 25.9. The highest BCUT2D eigenvalue weighted by atomic mass is 16.7. The van der Waals surface area contributed by atoms with Crippen molar-refractivity contribution < 1.29 is 34.1 Å². The van der Waals surface area contributed by atoms with Crippen LogP contribution in [0.15, 0.2) is 90.1 Å². The molecule has 0 spiro atoms.